The lowest BCUT2D eigenvalue weighted by molar-refractivity contribution is 0.0696. The van der Waals surface area contributed by atoms with Crippen LogP contribution in [0.4, 0.5) is 0 Å². The molecule has 7 nitrogen and oxygen atoms in total. The van der Waals surface area contributed by atoms with Gasteiger partial charge in [0.05, 0.1) is 23.0 Å². The number of carboxylic acids is 1. The lowest BCUT2D eigenvalue weighted by atomic mass is 10.1. The molecule has 0 amide bonds. The van der Waals surface area contributed by atoms with Crippen molar-refractivity contribution in [3.8, 4) is 5.69 Å². The normalized spacial score (nSPS) is 11.4. The minimum Gasteiger partial charge on any atom is -0.478 e. The first-order valence-electron chi connectivity index (χ1n) is 6.59. The summed E-state index contributed by atoms with van der Waals surface area (Å²) in [7, 11) is 1.77. The summed E-state index contributed by atoms with van der Waals surface area (Å²) in [4.78, 5) is 15.6. The molecule has 0 aliphatic heterocycles. The Morgan fingerprint density at radius 3 is 2.71 bits per heavy atom. The molecule has 0 aromatic carbocycles. The zero-order chi connectivity index (χ0) is 15.1. The van der Waals surface area contributed by atoms with Gasteiger partial charge in [0.25, 0.3) is 0 Å². The standard InChI is InChI=1S/C14H15N5O2/c1-8(2)11-4-5-19(17-11)12-9-7-16-18(3)13(9)15-6-10(12)14(20)21/h4-8H,1-3H3,(H,20,21). The fourth-order valence-electron chi connectivity index (χ4n) is 2.26. The van der Waals surface area contributed by atoms with Gasteiger partial charge in [-0.3, -0.25) is 4.68 Å². The first-order chi connectivity index (χ1) is 9.99. The van der Waals surface area contributed by atoms with E-state index in [0.29, 0.717) is 16.7 Å². The van der Waals surface area contributed by atoms with Gasteiger partial charge in [-0.1, -0.05) is 13.8 Å². The molecular weight excluding hydrogens is 270 g/mol. The van der Waals surface area contributed by atoms with Crippen molar-refractivity contribution in [2.75, 3.05) is 0 Å². The molecule has 108 valence electrons. The van der Waals surface area contributed by atoms with Crippen LogP contribution < -0.4 is 0 Å². The molecular formula is C14H15N5O2. The molecule has 3 aromatic heterocycles. The molecule has 0 atom stereocenters. The van der Waals surface area contributed by atoms with Gasteiger partial charge in [0.2, 0.25) is 0 Å². The molecule has 0 radical (unpaired) electrons. The highest BCUT2D eigenvalue weighted by molar-refractivity contribution is 5.99. The maximum Gasteiger partial charge on any atom is 0.339 e. The van der Waals surface area contributed by atoms with E-state index < -0.39 is 5.97 Å². The predicted molar refractivity (Wildman–Crippen MR) is 76.7 cm³/mol. The van der Waals surface area contributed by atoms with Crippen LogP contribution in [0.5, 0.6) is 0 Å². The monoisotopic (exact) mass is 285 g/mol. The third kappa shape index (κ3) is 2.06. The zero-order valence-electron chi connectivity index (χ0n) is 12.0. The number of aryl methyl sites for hydroxylation is 1. The Morgan fingerprint density at radius 1 is 1.33 bits per heavy atom. The van der Waals surface area contributed by atoms with Gasteiger partial charge in [-0.15, -0.1) is 0 Å². The number of pyridine rings is 1. The van der Waals surface area contributed by atoms with E-state index in [-0.39, 0.29) is 11.5 Å². The number of fused-ring (bicyclic) bond motifs is 1. The van der Waals surface area contributed by atoms with E-state index >= 15 is 0 Å². The van der Waals surface area contributed by atoms with Crippen molar-refractivity contribution in [2.24, 2.45) is 7.05 Å². The van der Waals surface area contributed by atoms with Crippen LogP contribution in [0.1, 0.15) is 35.8 Å². The smallest absolute Gasteiger partial charge is 0.339 e. The van der Waals surface area contributed by atoms with E-state index in [1.54, 1.807) is 28.8 Å². The minimum atomic E-state index is -1.04. The Labute approximate surface area is 120 Å². The summed E-state index contributed by atoms with van der Waals surface area (Å²) in [6.45, 7) is 4.08. The molecule has 0 aliphatic rings. The van der Waals surface area contributed by atoms with Crippen molar-refractivity contribution in [2.45, 2.75) is 19.8 Å². The Balaban J connectivity index is 2.31. The van der Waals surface area contributed by atoms with Crippen LogP contribution in [0.25, 0.3) is 16.7 Å². The molecule has 0 aliphatic carbocycles. The SMILES string of the molecule is CC(C)c1ccn(-c2c(C(=O)O)cnc3c2cnn3C)n1. The Kier molecular flexibility index (Phi) is 2.97. The van der Waals surface area contributed by atoms with Gasteiger partial charge < -0.3 is 5.11 Å². The molecule has 7 heteroatoms. The maximum absolute atomic E-state index is 11.5. The summed E-state index contributed by atoms with van der Waals surface area (Å²) in [5.41, 5.74) is 2.12. The van der Waals surface area contributed by atoms with Gasteiger partial charge >= 0.3 is 5.97 Å². The van der Waals surface area contributed by atoms with Crippen LogP contribution in [0.3, 0.4) is 0 Å². The number of hydrogen-bond donors (Lipinski definition) is 1. The largest absolute Gasteiger partial charge is 0.478 e. The summed E-state index contributed by atoms with van der Waals surface area (Å²) in [6.07, 6.45) is 4.72. The zero-order valence-corrected chi connectivity index (χ0v) is 12.0. The van der Waals surface area contributed by atoms with Crippen molar-refractivity contribution < 1.29 is 9.90 Å². The molecule has 3 rings (SSSR count). The fraction of sp³-hybridized carbons (Fsp3) is 0.286. The number of aromatic carboxylic acids is 1. The first-order valence-corrected chi connectivity index (χ1v) is 6.59. The number of carbonyl (C=O) groups is 1. The predicted octanol–water partition coefficient (Wildman–Crippen LogP) is 1.98. The molecule has 3 aromatic rings. The highest BCUT2D eigenvalue weighted by Gasteiger charge is 2.19. The summed E-state index contributed by atoms with van der Waals surface area (Å²) >= 11 is 0. The molecule has 1 N–H and O–H groups in total. The average molecular weight is 285 g/mol. The van der Waals surface area contributed by atoms with Gasteiger partial charge in [-0.25, -0.2) is 14.5 Å². The highest BCUT2D eigenvalue weighted by Crippen LogP contribution is 2.25. The lowest BCUT2D eigenvalue weighted by Crippen LogP contribution is -2.08. The van der Waals surface area contributed by atoms with E-state index in [2.05, 4.69) is 15.2 Å². The highest BCUT2D eigenvalue weighted by atomic mass is 16.4. The van der Waals surface area contributed by atoms with Crippen molar-refractivity contribution >= 4 is 17.0 Å². The Bertz CT molecular complexity index is 831. The van der Waals surface area contributed by atoms with Crippen molar-refractivity contribution in [1.29, 1.82) is 0 Å². The Hall–Kier alpha value is -2.70. The van der Waals surface area contributed by atoms with E-state index in [0.717, 1.165) is 5.69 Å². The van der Waals surface area contributed by atoms with Gasteiger partial charge in [-0.2, -0.15) is 10.2 Å². The Morgan fingerprint density at radius 2 is 2.10 bits per heavy atom. The van der Waals surface area contributed by atoms with Crippen molar-refractivity contribution in [3.63, 3.8) is 0 Å². The number of rotatable bonds is 3. The quantitative estimate of drug-likeness (QED) is 0.795. The van der Waals surface area contributed by atoms with E-state index in [1.807, 2.05) is 19.9 Å². The van der Waals surface area contributed by atoms with Gasteiger partial charge in [0.15, 0.2) is 5.65 Å². The molecule has 0 fully saturated rings. The molecule has 0 bridgehead atoms. The first kappa shape index (κ1) is 13.3. The van der Waals surface area contributed by atoms with Crippen LogP contribution >= 0.6 is 0 Å². The maximum atomic E-state index is 11.5. The number of hydrogen-bond acceptors (Lipinski definition) is 4. The molecule has 21 heavy (non-hydrogen) atoms. The molecule has 0 spiro atoms. The van der Waals surface area contributed by atoms with Crippen molar-refractivity contribution in [1.82, 2.24) is 24.5 Å². The van der Waals surface area contributed by atoms with Crippen LogP contribution in [0, 0.1) is 0 Å². The summed E-state index contributed by atoms with van der Waals surface area (Å²) in [5.74, 6) is -0.768. The second-order valence-electron chi connectivity index (χ2n) is 5.17. The second kappa shape index (κ2) is 4.69. The van der Waals surface area contributed by atoms with Crippen LogP contribution in [-0.4, -0.2) is 35.6 Å². The topological polar surface area (TPSA) is 85.8 Å². The van der Waals surface area contributed by atoms with E-state index in [9.17, 15) is 9.90 Å². The number of carboxylic acid groups (broad SMARTS) is 1. The third-order valence-electron chi connectivity index (χ3n) is 3.39. The summed E-state index contributed by atoms with van der Waals surface area (Å²) in [5, 5.41) is 18.7. The summed E-state index contributed by atoms with van der Waals surface area (Å²) < 4.78 is 3.20. The van der Waals surface area contributed by atoms with Crippen molar-refractivity contribution in [3.05, 3.63) is 35.9 Å². The fourth-order valence-corrected chi connectivity index (χ4v) is 2.26. The molecule has 0 unspecified atom stereocenters. The van der Waals surface area contributed by atoms with E-state index in [4.69, 9.17) is 0 Å². The number of aromatic nitrogens is 5. The molecule has 3 heterocycles. The van der Waals surface area contributed by atoms with Crippen LogP contribution in [0.15, 0.2) is 24.7 Å². The third-order valence-corrected chi connectivity index (χ3v) is 3.39. The average Bonchev–Trinajstić information content (AvgIpc) is 3.05. The molecule has 0 saturated carbocycles. The molecule has 0 saturated heterocycles. The second-order valence-corrected chi connectivity index (χ2v) is 5.17. The minimum absolute atomic E-state index is 0.105. The van der Waals surface area contributed by atoms with Gasteiger partial charge in [-0.05, 0) is 12.0 Å². The number of nitrogens with zero attached hydrogens (tertiary/aromatic N) is 5. The van der Waals surface area contributed by atoms with Crippen LogP contribution in [-0.2, 0) is 7.05 Å². The van der Waals surface area contributed by atoms with E-state index in [1.165, 1.54) is 6.20 Å². The van der Waals surface area contributed by atoms with Crippen LogP contribution in [0.2, 0.25) is 0 Å². The summed E-state index contributed by atoms with van der Waals surface area (Å²) in [6, 6.07) is 1.89. The van der Waals surface area contributed by atoms with Gasteiger partial charge in [0.1, 0.15) is 5.56 Å². The van der Waals surface area contributed by atoms with Gasteiger partial charge in [0, 0.05) is 19.4 Å². The lowest BCUT2D eigenvalue weighted by Gasteiger charge is -2.08.